The summed E-state index contributed by atoms with van der Waals surface area (Å²) in [4.78, 5) is 24.2. The van der Waals surface area contributed by atoms with E-state index in [1.54, 1.807) is 30.3 Å². The Balaban J connectivity index is 0.000000306. The summed E-state index contributed by atoms with van der Waals surface area (Å²) in [6.45, 7) is 0.168. The first-order valence-corrected chi connectivity index (χ1v) is 23.6. The van der Waals surface area contributed by atoms with Crippen LogP contribution in [0.25, 0.3) is 22.0 Å². The fourth-order valence-corrected chi connectivity index (χ4v) is 9.45. The molecule has 0 aliphatic carbocycles. The van der Waals surface area contributed by atoms with Crippen LogP contribution < -0.4 is 26.4 Å². The molecule has 0 saturated carbocycles. The van der Waals surface area contributed by atoms with Crippen molar-refractivity contribution in [3.8, 4) is 11.3 Å². The zero-order chi connectivity index (χ0) is 63.4. The predicted molar refractivity (Wildman–Crippen MR) is 257 cm³/mol. The van der Waals surface area contributed by atoms with Crippen molar-refractivity contribution >= 4 is 50.5 Å². The summed E-state index contributed by atoms with van der Waals surface area (Å²) in [5.41, 5.74) is -27.8. The van der Waals surface area contributed by atoms with Crippen molar-refractivity contribution in [2.24, 2.45) is 0 Å². The smallest absolute Gasteiger partial charge is 0.416 e. The van der Waals surface area contributed by atoms with Gasteiger partial charge in [-0.15, -0.1) is 0 Å². The molecular weight excluding hydrogens is 1200 g/mol. The number of hydrogen-bond donors (Lipinski definition) is 1. The number of fused-ring (bicyclic) bond motifs is 1. The van der Waals surface area contributed by atoms with E-state index >= 15 is 0 Å². The van der Waals surface area contributed by atoms with Gasteiger partial charge in [0.1, 0.15) is 6.15 Å². The Labute approximate surface area is 461 Å². The summed E-state index contributed by atoms with van der Waals surface area (Å²) in [6.07, 6.45) is -52.9. The largest absolute Gasteiger partial charge is 0.478 e. The van der Waals surface area contributed by atoms with Crippen LogP contribution in [0.15, 0.2) is 164 Å². The summed E-state index contributed by atoms with van der Waals surface area (Å²) < 4.78 is 343. The molecule has 7 aromatic carbocycles. The van der Waals surface area contributed by atoms with Crippen LogP contribution in [-0.2, 0) is 56.0 Å². The number of halogens is 24. The van der Waals surface area contributed by atoms with E-state index in [1.807, 2.05) is 65.4 Å². The third kappa shape index (κ3) is 14.2. The highest BCUT2D eigenvalue weighted by Crippen LogP contribution is 2.42. The number of hydrogen-bond acceptors (Lipinski definition) is 2. The van der Waals surface area contributed by atoms with Crippen molar-refractivity contribution in [1.82, 2.24) is 0 Å². The Morgan fingerprint density at radius 3 is 0.976 bits per heavy atom. The van der Waals surface area contributed by atoms with E-state index in [0.29, 0.717) is 5.56 Å². The summed E-state index contributed by atoms with van der Waals surface area (Å²) in [5.74, 6) is -0.981. The minimum atomic E-state index is -6.13. The molecule has 1 aromatic heterocycles. The molecular formula is C56H30BF24NO3. The quantitative estimate of drug-likeness (QED) is 0.0678. The third-order valence-electron chi connectivity index (χ3n) is 13.2. The number of pyridine rings is 1. The number of ketones is 1. The second kappa shape index (κ2) is 22.5. The number of alkyl halides is 24. The number of nitrogens with zero attached hydrogens (tertiary/aromatic N) is 1. The Hall–Kier alpha value is -8.53. The Morgan fingerprint density at radius 1 is 0.353 bits per heavy atom. The molecule has 448 valence electrons. The lowest BCUT2D eigenvalue weighted by atomic mass is 9.12. The monoisotopic (exact) mass is 1230 g/mol. The Bertz CT molecular complexity index is 3380. The van der Waals surface area contributed by atoms with E-state index in [9.17, 15) is 120 Å². The molecule has 29 heteroatoms. The number of Topliss-reactive ketones (excluding diaryl/α,β-unsaturated/α-hetero) is 1. The zero-order valence-electron chi connectivity index (χ0n) is 41.7. The second-order valence-electron chi connectivity index (χ2n) is 18.8. The number of carbonyl (C=O) groups is 2. The average Bonchev–Trinajstić information content (AvgIpc) is 0.758. The van der Waals surface area contributed by atoms with Crippen molar-refractivity contribution in [3.63, 3.8) is 0 Å². The van der Waals surface area contributed by atoms with Gasteiger partial charge in [-0.25, -0.2) is 4.79 Å². The summed E-state index contributed by atoms with van der Waals surface area (Å²) in [5, 5.41) is 11.4. The van der Waals surface area contributed by atoms with Crippen LogP contribution >= 0.6 is 0 Å². The molecule has 0 unspecified atom stereocenters. The molecule has 0 aliphatic heterocycles. The number of carboxylic acids is 1. The van der Waals surface area contributed by atoms with Crippen molar-refractivity contribution in [2.75, 3.05) is 0 Å². The van der Waals surface area contributed by atoms with E-state index in [1.165, 1.54) is 0 Å². The highest BCUT2D eigenvalue weighted by molar-refractivity contribution is 7.20. The van der Waals surface area contributed by atoms with Crippen molar-refractivity contribution in [2.45, 2.75) is 56.0 Å². The predicted octanol–water partition coefficient (Wildman–Crippen LogP) is 15.6. The molecule has 0 amide bonds. The van der Waals surface area contributed by atoms with Crippen LogP contribution in [0.1, 0.15) is 65.2 Å². The molecule has 0 radical (unpaired) electrons. The first kappa shape index (κ1) is 64.0. The van der Waals surface area contributed by atoms with Crippen molar-refractivity contribution in [3.05, 3.63) is 220 Å². The van der Waals surface area contributed by atoms with Crippen LogP contribution in [0.4, 0.5) is 105 Å². The minimum absolute atomic E-state index is 0.00322. The number of aromatic nitrogens is 1. The van der Waals surface area contributed by atoms with Crippen LogP contribution in [-0.4, -0.2) is 23.0 Å². The topological polar surface area (TPSA) is 58.2 Å². The van der Waals surface area contributed by atoms with Gasteiger partial charge in [0.15, 0.2) is 6.20 Å². The lowest BCUT2D eigenvalue weighted by molar-refractivity contribution is -0.671. The molecule has 1 heterocycles. The second-order valence-corrected chi connectivity index (χ2v) is 18.8. The zero-order valence-corrected chi connectivity index (χ0v) is 41.7. The standard InChI is InChI=1S/C32H12BF24.C24H17NO3/c34-25(35,36)13-1-14(26(37,38)39)6-21(5-13)33(22-7-15(27(40,41)42)2-16(8-22)28(43,44)45,23-9-17(29(46,47)48)3-18(10-23)30(49,50)51)24-11-19(31(52,53)54)4-20(12-24)32(55,56)57;26-22(18-8-2-1-3-9-18)16-25-14-13-17-7-4-5-12-21(17)23(25)19-10-6-11-20(15-19)24(27)28/h1-12H;1-15H,16H2/q-1;/p+1. The van der Waals surface area contributed by atoms with Gasteiger partial charge in [0, 0.05) is 17.2 Å². The molecule has 85 heavy (non-hydrogen) atoms. The lowest BCUT2D eigenvalue weighted by Gasteiger charge is -2.46. The first-order chi connectivity index (χ1) is 38.9. The molecule has 8 aromatic rings. The molecule has 0 bridgehead atoms. The van der Waals surface area contributed by atoms with E-state index in [4.69, 9.17) is 0 Å². The van der Waals surface area contributed by atoms with Crippen LogP contribution in [0.5, 0.6) is 0 Å². The van der Waals surface area contributed by atoms with Crippen molar-refractivity contribution < 1.29 is 125 Å². The molecule has 0 spiro atoms. The van der Waals surface area contributed by atoms with E-state index in [2.05, 4.69) is 0 Å². The number of benzene rings is 7. The molecule has 0 saturated heterocycles. The van der Waals surface area contributed by atoms with Gasteiger partial charge in [-0.2, -0.15) is 132 Å². The fraction of sp³-hybridized carbons (Fsp3) is 0.161. The van der Waals surface area contributed by atoms with Gasteiger partial charge in [-0.3, -0.25) is 4.79 Å². The van der Waals surface area contributed by atoms with Gasteiger partial charge in [0.2, 0.25) is 18.0 Å². The Morgan fingerprint density at radius 2 is 0.659 bits per heavy atom. The third-order valence-corrected chi connectivity index (χ3v) is 13.2. The van der Waals surface area contributed by atoms with Gasteiger partial charge >= 0.3 is 55.4 Å². The van der Waals surface area contributed by atoms with E-state index < -0.39 is 201 Å². The van der Waals surface area contributed by atoms with Crippen LogP contribution in [0, 0.1) is 0 Å². The van der Waals surface area contributed by atoms with Gasteiger partial charge in [-0.1, -0.05) is 103 Å². The van der Waals surface area contributed by atoms with Crippen LogP contribution in [0.2, 0.25) is 0 Å². The molecule has 0 fully saturated rings. The van der Waals surface area contributed by atoms with Gasteiger partial charge in [-0.05, 0) is 53.9 Å². The van der Waals surface area contributed by atoms with E-state index in [-0.39, 0.29) is 17.9 Å². The van der Waals surface area contributed by atoms with Gasteiger partial charge in [0.25, 0.3) is 0 Å². The molecule has 0 atom stereocenters. The maximum absolute atomic E-state index is 14.2. The number of aromatic carboxylic acids is 1. The minimum Gasteiger partial charge on any atom is -0.478 e. The normalized spacial score (nSPS) is 13.1. The highest BCUT2D eigenvalue weighted by Gasteiger charge is 2.47. The number of carboxylic acid groups (broad SMARTS) is 1. The Kier molecular flexibility index (Phi) is 16.9. The SMILES string of the molecule is FC(F)(F)c1cc([B-](c2cc(C(F)(F)F)cc(C(F)(F)F)c2)(c2cc(C(F)(F)F)cc(C(F)(F)F)c2)c2cc(C(F)(F)F)cc(C(F)(F)F)c2)cc(C(F)(F)F)c1.O=C(O)c1cccc(-c2c3ccccc3cc[n+]2CC(=O)c2ccccc2)c1. The van der Waals surface area contributed by atoms with Crippen molar-refractivity contribution in [1.29, 1.82) is 0 Å². The molecule has 8 rings (SSSR count). The molecule has 0 aliphatic rings. The summed E-state index contributed by atoms with van der Waals surface area (Å²) >= 11 is 0. The molecule has 4 nitrogen and oxygen atoms in total. The lowest BCUT2D eigenvalue weighted by Crippen LogP contribution is -2.75. The fourth-order valence-electron chi connectivity index (χ4n) is 9.45. The highest BCUT2D eigenvalue weighted by atomic mass is 19.4. The first-order valence-electron chi connectivity index (χ1n) is 23.6. The number of rotatable bonds is 9. The van der Waals surface area contributed by atoms with Crippen LogP contribution in [0.3, 0.4) is 0 Å². The summed E-state index contributed by atoms with van der Waals surface area (Å²) in [7, 11) is 0. The summed E-state index contributed by atoms with van der Waals surface area (Å²) in [6, 6.07) is 17.0. The molecule has 1 N–H and O–H groups in total. The maximum Gasteiger partial charge on any atom is 0.416 e. The van der Waals surface area contributed by atoms with Gasteiger partial charge < -0.3 is 5.11 Å². The van der Waals surface area contributed by atoms with E-state index in [0.717, 1.165) is 22.0 Å². The average molecular weight is 1230 g/mol. The number of carbonyl (C=O) groups excluding carboxylic acids is 1. The maximum atomic E-state index is 14.2. The van der Waals surface area contributed by atoms with Gasteiger partial charge in [0.05, 0.1) is 55.5 Å².